The quantitative estimate of drug-likeness (QED) is 0.707. The van der Waals surface area contributed by atoms with Crippen LogP contribution in [0.25, 0.3) is 22.6 Å². The summed E-state index contributed by atoms with van der Waals surface area (Å²) in [4.78, 5) is 10.8. The number of nitrogens with zero attached hydrogens (tertiary/aromatic N) is 6. The molecule has 0 saturated carbocycles. The van der Waals surface area contributed by atoms with Crippen molar-refractivity contribution in [3.63, 3.8) is 0 Å². The Balaban J connectivity index is 1.54. The minimum Gasteiger partial charge on any atom is -0.507 e. The maximum Gasteiger partial charge on any atom is 0.245 e. The number of rotatable bonds is 4. The third-order valence-electron chi connectivity index (χ3n) is 4.74. The second kappa shape index (κ2) is 7.53. The average molecular weight is 383 g/mol. The minimum atomic E-state index is 0.105. The molecule has 1 fully saturated rings. The Hall–Kier alpha value is -2.65. The van der Waals surface area contributed by atoms with Crippen LogP contribution in [0.4, 0.5) is 5.95 Å². The first kappa shape index (κ1) is 17.7. The molecule has 3 heterocycles. The summed E-state index contributed by atoms with van der Waals surface area (Å²) in [7, 11) is 0. The van der Waals surface area contributed by atoms with Crippen LogP contribution in [0.3, 0.4) is 0 Å². The summed E-state index contributed by atoms with van der Waals surface area (Å²) in [5.41, 5.74) is 3.54. The Morgan fingerprint density at radius 1 is 1.26 bits per heavy atom. The normalized spacial score (nSPS) is 17.4. The first-order valence-electron chi connectivity index (χ1n) is 8.90. The molecule has 2 aromatic heterocycles. The van der Waals surface area contributed by atoms with Gasteiger partial charge in [-0.3, -0.25) is 0 Å². The second-order valence-electron chi connectivity index (χ2n) is 6.88. The second-order valence-corrected chi connectivity index (χ2v) is 7.49. The molecule has 0 unspecified atom stereocenters. The van der Waals surface area contributed by atoms with Crippen molar-refractivity contribution >= 4 is 17.5 Å². The average Bonchev–Trinajstić information content (AvgIpc) is 3.23. The molecule has 140 valence electrons. The summed E-state index contributed by atoms with van der Waals surface area (Å²) in [6.45, 7) is 7.03. The molecule has 0 radical (unpaired) electrons. The van der Waals surface area contributed by atoms with Gasteiger partial charge in [0.15, 0.2) is 5.82 Å². The summed E-state index contributed by atoms with van der Waals surface area (Å²) in [5, 5.41) is 22.5. The van der Waals surface area contributed by atoms with Gasteiger partial charge in [-0.2, -0.15) is 4.37 Å². The fourth-order valence-electron chi connectivity index (χ4n) is 3.13. The van der Waals surface area contributed by atoms with Crippen LogP contribution in [0.15, 0.2) is 29.9 Å². The lowest BCUT2D eigenvalue weighted by molar-refractivity contribution is 0.365. The van der Waals surface area contributed by atoms with Gasteiger partial charge in [-0.25, -0.2) is 9.97 Å². The largest absolute Gasteiger partial charge is 0.507 e. The van der Waals surface area contributed by atoms with E-state index in [4.69, 9.17) is 0 Å². The fourth-order valence-corrected chi connectivity index (χ4v) is 3.58. The third kappa shape index (κ3) is 3.74. The van der Waals surface area contributed by atoms with Gasteiger partial charge in [0.1, 0.15) is 17.0 Å². The molecule has 9 heteroatoms. The molecule has 27 heavy (non-hydrogen) atoms. The van der Waals surface area contributed by atoms with Gasteiger partial charge < -0.3 is 15.3 Å². The SMILES string of the molecule is CC(C)[C@H]1CN(c2ncc(-c3ccc(-c4ncsn4)cc3O)nn2)CCN1. The minimum absolute atomic E-state index is 0.105. The van der Waals surface area contributed by atoms with Crippen LogP contribution >= 0.6 is 11.5 Å². The summed E-state index contributed by atoms with van der Waals surface area (Å²) in [6, 6.07) is 5.70. The van der Waals surface area contributed by atoms with E-state index in [1.807, 2.05) is 6.07 Å². The molecule has 1 aliphatic rings. The topological polar surface area (TPSA) is 100.0 Å². The Labute approximate surface area is 161 Å². The van der Waals surface area contributed by atoms with E-state index in [-0.39, 0.29) is 5.75 Å². The predicted octanol–water partition coefficient (Wildman–Crippen LogP) is 2.20. The van der Waals surface area contributed by atoms with Crippen LogP contribution in [0.5, 0.6) is 5.75 Å². The van der Waals surface area contributed by atoms with Crippen molar-refractivity contribution in [2.45, 2.75) is 19.9 Å². The molecule has 1 atom stereocenters. The van der Waals surface area contributed by atoms with Crippen LogP contribution in [0.2, 0.25) is 0 Å². The van der Waals surface area contributed by atoms with Crippen molar-refractivity contribution < 1.29 is 5.11 Å². The third-order valence-corrected chi connectivity index (χ3v) is 5.21. The zero-order valence-corrected chi connectivity index (χ0v) is 16.0. The Morgan fingerprint density at radius 3 is 2.81 bits per heavy atom. The molecule has 1 aromatic carbocycles. The number of benzene rings is 1. The molecule has 1 aliphatic heterocycles. The van der Waals surface area contributed by atoms with Gasteiger partial charge in [0, 0.05) is 36.8 Å². The monoisotopic (exact) mass is 383 g/mol. The summed E-state index contributed by atoms with van der Waals surface area (Å²) in [5.74, 6) is 1.87. The number of piperazine rings is 1. The molecule has 0 spiro atoms. The van der Waals surface area contributed by atoms with E-state index in [9.17, 15) is 5.11 Å². The highest BCUT2D eigenvalue weighted by molar-refractivity contribution is 7.03. The summed E-state index contributed by atoms with van der Waals surface area (Å²) < 4.78 is 4.18. The first-order chi connectivity index (χ1) is 13.1. The number of aromatic nitrogens is 5. The highest BCUT2D eigenvalue weighted by atomic mass is 32.1. The van der Waals surface area contributed by atoms with E-state index in [2.05, 4.69) is 48.6 Å². The molecule has 4 rings (SSSR count). The predicted molar refractivity (Wildman–Crippen MR) is 105 cm³/mol. The molecule has 0 aliphatic carbocycles. The van der Waals surface area contributed by atoms with Crippen LogP contribution < -0.4 is 10.2 Å². The number of phenolic OH excluding ortho intramolecular Hbond substituents is 1. The lowest BCUT2D eigenvalue weighted by Crippen LogP contribution is -2.53. The van der Waals surface area contributed by atoms with Gasteiger partial charge in [0.25, 0.3) is 0 Å². The number of hydrogen-bond acceptors (Lipinski definition) is 9. The van der Waals surface area contributed by atoms with E-state index < -0.39 is 0 Å². The molecule has 0 bridgehead atoms. The lowest BCUT2D eigenvalue weighted by Gasteiger charge is -2.35. The fraction of sp³-hybridized carbons (Fsp3) is 0.389. The van der Waals surface area contributed by atoms with Crippen LogP contribution in [0, 0.1) is 5.92 Å². The van der Waals surface area contributed by atoms with Crippen molar-refractivity contribution in [1.82, 2.24) is 29.9 Å². The molecule has 3 aromatic rings. The number of anilines is 1. The maximum absolute atomic E-state index is 10.4. The van der Waals surface area contributed by atoms with Gasteiger partial charge in [-0.05, 0) is 29.6 Å². The number of nitrogens with one attached hydrogen (secondary N) is 1. The lowest BCUT2D eigenvalue weighted by atomic mass is 10.0. The highest BCUT2D eigenvalue weighted by Crippen LogP contribution is 2.31. The van der Waals surface area contributed by atoms with Crippen molar-refractivity contribution in [3.05, 3.63) is 29.9 Å². The Kier molecular flexibility index (Phi) is 4.95. The zero-order chi connectivity index (χ0) is 18.8. The Bertz CT molecular complexity index is 899. The van der Waals surface area contributed by atoms with Crippen LogP contribution in [-0.4, -0.2) is 55.3 Å². The van der Waals surface area contributed by atoms with E-state index in [1.54, 1.807) is 23.8 Å². The van der Waals surface area contributed by atoms with E-state index >= 15 is 0 Å². The highest BCUT2D eigenvalue weighted by Gasteiger charge is 2.23. The van der Waals surface area contributed by atoms with Crippen molar-refractivity contribution in [2.75, 3.05) is 24.5 Å². The Morgan fingerprint density at radius 2 is 2.15 bits per heavy atom. The van der Waals surface area contributed by atoms with E-state index in [0.29, 0.717) is 35.0 Å². The first-order valence-corrected chi connectivity index (χ1v) is 9.73. The van der Waals surface area contributed by atoms with Crippen molar-refractivity contribution in [3.8, 4) is 28.4 Å². The van der Waals surface area contributed by atoms with Gasteiger partial charge in [-0.1, -0.05) is 19.9 Å². The summed E-state index contributed by atoms with van der Waals surface area (Å²) in [6.07, 6.45) is 1.66. The maximum atomic E-state index is 10.4. The molecular formula is C18H21N7OS. The van der Waals surface area contributed by atoms with Gasteiger partial charge in [-0.15, -0.1) is 10.2 Å². The number of phenols is 1. The van der Waals surface area contributed by atoms with Gasteiger partial charge in [0.2, 0.25) is 5.95 Å². The smallest absolute Gasteiger partial charge is 0.245 e. The molecule has 2 N–H and O–H groups in total. The summed E-state index contributed by atoms with van der Waals surface area (Å²) >= 11 is 1.27. The number of hydrogen-bond donors (Lipinski definition) is 2. The van der Waals surface area contributed by atoms with Gasteiger partial charge >= 0.3 is 0 Å². The van der Waals surface area contributed by atoms with Crippen molar-refractivity contribution in [2.24, 2.45) is 5.92 Å². The van der Waals surface area contributed by atoms with Crippen LogP contribution in [0.1, 0.15) is 13.8 Å². The van der Waals surface area contributed by atoms with Crippen molar-refractivity contribution in [1.29, 1.82) is 0 Å². The molecule has 8 nitrogen and oxygen atoms in total. The number of aromatic hydroxyl groups is 1. The van der Waals surface area contributed by atoms with Crippen LogP contribution in [-0.2, 0) is 0 Å². The van der Waals surface area contributed by atoms with Gasteiger partial charge in [0.05, 0.1) is 6.20 Å². The van der Waals surface area contributed by atoms with E-state index in [0.717, 1.165) is 25.2 Å². The standard InChI is InChI=1S/C18H21N7OS/c1-11(2)15-9-25(6-5-19-15)18-20-8-14(22-23-18)13-4-3-12(7-16(13)26)17-21-10-27-24-17/h3-4,7-8,10-11,15,19,26H,5-6,9H2,1-2H3/t15-/m1/s1. The zero-order valence-electron chi connectivity index (χ0n) is 15.2. The molecular weight excluding hydrogens is 362 g/mol. The molecule has 0 amide bonds. The molecule has 1 saturated heterocycles. The van der Waals surface area contributed by atoms with E-state index in [1.165, 1.54) is 11.5 Å².